The van der Waals surface area contributed by atoms with Crippen molar-refractivity contribution in [3.8, 4) is 0 Å². The predicted octanol–water partition coefficient (Wildman–Crippen LogP) is 0.0571. The molecule has 0 saturated heterocycles. The van der Waals surface area contributed by atoms with Gasteiger partial charge < -0.3 is 4.65 Å². The predicted molar refractivity (Wildman–Crippen MR) is 36.7 cm³/mol. The highest BCUT2D eigenvalue weighted by molar-refractivity contribution is 6.29. The third-order valence-corrected chi connectivity index (χ3v) is 1.35. The van der Waals surface area contributed by atoms with Crippen LogP contribution in [0.4, 0.5) is 0 Å². The van der Waals surface area contributed by atoms with Gasteiger partial charge in [0, 0.05) is 0 Å². The van der Waals surface area contributed by atoms with Crippen LogP contribution in [0.1, 0.15) is 6.92 Å². The molecular formula is C5H6BClO3. The molecule has 2 radical (unpaired) electrons. The van der Waals surface area contributed by atoms with Crippen molar-refractivity contribution in [2.45, 2.75) is 6.92 Å². The SMILES string of the molecule is [B]OC(=O)C(C)C(=O)CCl. The molecule has 0 heterocycles. The smallest absolute Gasteiger partial charge is 0.378 e. The van der Waals surface area contributed by atoms with Crippen LogP contribution in [0.3, 0.4) is 0 Å². The van der Waals surface area contributed by atoms with Gasteiger partial charge in [-0.25, -0.2) is 0 Å². The molecule has 0 aromatic heterocycles. The van der Waals surface area contributed by atoms with E-state index in [0.717, 1.165) is 0 Å². The van der Waals surface area contributed by atoms with Gasteiger partial charge >= 0.3 is 8.05 Å². The van der Waals surface area contributed by atoms with E-state index in [9.17, 15) is 9.59 Å². The second-order valence-corrected chi connectivity index (χ2v) is 2.03. The van der Waals surface area contributed by atoms with Crippen molar-refractivity contribution in [3.63, 3.8) is 0 Å². The van der Waals surface area contributed by atoms with E-state index in [2.05, 4.69) is 12.7 Å². The third-order valence-electron chi connectivity index (χ3n) is 1.08. The normalized spacial score (nSPS) is 12.2. The van der Waals surface area contributed by atoms with Crippen molar-refractivity contribution in [1.82, 2.24) is 0 Å². The van der Waals surface area contributed by atoms with Gasteiger partial charge in [-0.1, -0.05) is 0 Å². The molecule has 0 aliphatic rings. The Morgan fingerprint density at radius 2 is 2.20 bits per heavy atom. The molecule has 0 amide bonds. The highest BCUT2D eigenvalue weighted by Gasteiger charge is 2.19. The molecular weight excluding hydrogens is 154 g/mol. The zero-order chi connectivity index (χ0) is 8.15. The van der Waals surface area contributed by atoms with Gasteiger partial charge in [0.05, 0.1) is 5.88 Å². The van der Waals surface area contributed by atoms with Crippen LogP contribution < -0.4 is 0 Å². The van der Waals surface area contributed by atoms with Crippen LogP contribution in [-0.2, 0) is 14.2 Å². The molecule has 0 aromatic carbocycles. The Morgan fingerprint density at radius 1 is 1.70 bits per heavy atom. The molecule has 0 N–H and O–H groups in total. The number of hydrogen-bond donors (Lipinski definition) is 0. The first-order valence-electron chi connectivity index (χ1n) is 2.62. The van der Waals surface area contributed by atoms with Crippen molar-refractivity contribution in [2.75, 3.05) is 5.88 Å². The van der Waals surface area contributed by atoms with Gasteiger partial charge in [-0.05, 0) is 6.92 Å². The molecule has 0 aliphatic carbocycles. The second kappa shape index (κ2) is 4.33. The van der Waals surface area contributed by atoms with E-state index in [1.165, 1.54) is 6.92 Å². The molecule has 0 aromatic rings. The average Bonchev–Trinajstić information content (AvgIpc) is 2.00. The average molecular weight is 160 g/mol. The molecule has 0 saturated carbocycles. The van der Waals surface area contributed by atoms with E-state index < -0.39 is 17.7 Å². The van der Waals surface area contributed by atoms with Gasteiger partial charge in [0.1, 0.15) is 5.92 Å². The van der Waals surface area contributed by atoms with Crippen LogP contribution >= 0.6 is 11.6 Å². The fourth-order valence-electron chi connectivity index (χ4n) is 0.349. The maximum Gasteiger partial charge on any atom is 0.378 e. The summed E-state index contributed by atoms with van der Waals surface area (Å²) in [5, 5.41) is 0. The lowest BCUT2D eigenvalue weighted by atomic mass is 10.1. The van der Waals surface area contributed by atoms with Crippen molar-refractivity contribution in [3.05, 3.63) is 0 Å². The second-order valence-electron chi connectivity index (χ2n) is 1.76. The van der Waals surface area contributed by atoms with Crippen LogP contribution in [0.25, 0.3) is 0 Å². The van der Waals surface area contributed by atoms with E-state index in [1.807, 2.05) is 0 Å². The number of halogens is 1. The molecule has 3 nitrogen and oxygen atoms in total. The molecule has 0 spiro atoms. The van der Waals surface area contributed by atoms with Gasteiger partial charge in [0.15, 0.2) is 5.78 Å². The number of carbonyl (C=O) groups is 2. The summed E-state index contributed by atoms with van der Waals surface area (Å²) < 4.78 is 3.82. The molecule has 0 rings (SSSR count). The fourth-order valence-corrected chi connectivity index (χ4v) is 0.581. The summed E-state index contributed by atoms with van der Waals surface area (Å²) >= 11 is 5.15. The van der Waals surface area contributed by atoms with E-state index in [1.54, 1.807) is 0 Å². The molecule has 54 valence electrons. The van der Waals surface area contributed by atoms with Gasteiger partial charge in [-0.2, -0.15) is 0 Å². The maximum atomic E-state index is 10.6. The van der Waals surface area contributed by atoms with Crippen molar-refractivity contribution in [2.24, 2.45) is 5.92 Å². The Labute approximate surface area is 65.1 Å². The number of carbonyl (C=O) groups excluding carboxylic acids is 2. The number of rotatable bonds is 3. The molecule has 1 atom stereocenters. The molecule has 5 heteroatoms. The minimum atomic E-state index is -0.859. The Hall–Kier alpha value is -0.505. The van der Waals surface area contributed by atoms with Gasteiger partial charge in [-0.3, -0.25) is 9.59 Å². The third kappa shape index (κ3) is 2.39. The van der Waals surface area contributed by atoms with Crippen LogP contribution in [0.15, 0.2) is 0 Å². The topological polar surface area (TPSA) is 43.4 Å². The summed E-state index contributed by atoms with van der Waals surface area (Å²) in [7, 11) is 4.52. The van der Waals surface area contributed by atoms with Crippen molar-refractivity contribution in [1.29, 1.82) is 0 Å². The minimum absolute atomic E-state index is 0.198. The minimum Gasteiger partial charge on any atom is -0.543 e. The van der Waals surface area contributed by atoms with Gasteiger partial charge in [0.25, 0.3) is 5.97 Å². The fraction of sp³-hybridized carbons (Fsp3) is 0.600. The van der Waals surface area contributed by atoms with Crippen LogP contribution in [0.5, 0.6) is 0 Å². The first-order valence-corrected chi connectivity index (χ1v) is 3.16. The number of alkyl halides is 1. The number of Topliss-reactive ketones (excluding diaryl/α,β-unsaturated/α-hetero) is 1. The highest BCUT2D eigenvalue weighted by Crippen LogP contribution is 2.00. The van der Waals surface area contributed by atoms with E-state index in [4.69, 9.17) is 11.6 Å². The van der Waals surface area contributed by atoms with Crippen LogP contribution in [0.2, 0.25) is 0 Å². The number of hydrogen-bond acceptors (Lipinski definition) is 3. The summed E-state index contributed by atoms with van der Waals surface area (Å²) in [4.78, 5) is 21.1. The van der Waals surface area contributed by atoms with E-state index in [0.29, 0.717) is 0 Å². The summed E-state index contributed by atoms with van der Waals surface area (Å²) in [6.07, 6.45) is 0. The zero-order valence-electron chi connectivity index (χ0n) is 5.46. The molecule has 0 aliphatic heterocycles. The first-order chi connectivity index (χ1) is 4.63. The van der Waals surface area contributed by atoms with E-state index in [-0.39, 0.29) is 5.88 Å². The highest BCUT2D eigenvalue weighted by atomic mass is 35.5. The molecule has 0 fully saturated rings. The maximum absolute atomic E-state index is 10.6. The quantitative estimate of drug-likeness (QED) is 0.333. The van der Waals surface area contributed by atoms with Crippen LogP contribution in [-0.4, -0.2) is 25.7 Å². The lowest BCUT2D eigenvalue weighted by molar-refractivity contribution is -0.142. The zero-order valence-corrected chi connectivity index (χ0v) is 6.22. The summed E-state index contributed by atoms with van der Waals surface area (Å²) in [6, 6.07) is 0. The van der Waals surface area contributed by atoms with Crippen molar-refractivity contribution >= 4 is 31.4 Å². The summed E-state index contributed by atoms with van der Waals surface area (Å²) in [5.74, 6) is -2.21. The Bertz CT molecular complexity index is 132. The van der Waals surface area contributed by atoms with Crippen LogP contribution in [0, 0.1) is 5.92 Å². The Balaban J connectivity index is 3.94. The van der Waals surface area contributed by atoms with Gasteiger partial charge in [-0.15, -0.1) is 11.6 Å². The first kappa shape index (κ1) is 9.49. The summed E-state index contributed by atoms with van der Waals surface area (Å²) in [5.41, 5.74) is 0. The lowest BCUT2D eigenvalue weighted by Gasteiger charge is -2.04. The number of ketones is 1. The monoisotopic (exact) mass is 160 g/mol. The van der Waals surface area contributed by atoms with Gasteiger partial charge in [0.2, 0.25) is 0 Å². The standard InChI is InChI=1S/C5H6BClO3/c1-3(4(8)2-7)5(9)10-6/h3H,2H2,1H3. The van der Waals surface area contributed by atoms with E-state index >= 15 is 0 Å². The largest absolute Gasteiger partial charge is 0.543 e. The van der Waals surface area contributed by atoms with Crippen molar-refractivity contribution < 1.29 is 14.2 Å². The molecule has 0 bridgehead atoms. The molecule has 1 unspecified atom stereocenters. The molecule has 10 heavy (non-hydrogen) atoms. The summed E-state index contributed by atoms with van der Waals surface area (Å²) in [6.45, 7) is 1.39. The lowest BCUT2D eigenvalue weighted by Crippen LogP contribution is -2.23. The Morgan fingerprint density at radius 3 is 2.50 bits per heavy atom. The Kier molecular flexibility index (Phi) is 4.11.